The van der Waals surface area contributed by atoms with Gasteiger partial charge in [0.1, 0.15) is 6.10 Å². The Bertz CT molecular complexity index is 699. The highest BCUT2D eigenvalue weighted by Gasteiger charge is 2.20. The predicted molar refractivity (Wildman–Crippen MR) is 98.0 cm³/mol. The topological polar surface area (TPSA) is 67.4 Å². The second-order valence-corrected chi connectivity index (χ2v) is 6.01. The molecule has 2 amide bonds. The number of amides is 2. The lowest BCUT2D eigenvalue weighted by molar-refractivity contribution is -0.121. The molecule has 132 valence electrons. The number of anilines is 1. The number of carbonyl (C=O) groups excluding carboxylic acids is 2. The van der Waals surface area contributed by atoms with Crippen LogP contribution < -0.4 is 10.6 Å². The Labute approximate surface area is 148 Å². The highest BCUT2D eigenvalue weighted by Crippen LogP contribution is 2.23. The van der Waals surface area contributed by atoms with Crippen LogP contribution in [0.3, 0.4) is 0 Å². The fourth-order valence-corrected chi connectivity index (χ4v) is 2.64. The summed E-state index contributed by atoms with van der Waals surface area (Å²) in [7, 11) is 0. The zero-order chi connectivity index (χ0) is 18.2. The number of hydrogen-bond acceptors (Lipinski definition) is 3. The van der Waals surface area contributed by atoms with Crippen molar-refractivity contribution in [3.05, 3.63) is 65.7 Å². The first-order chi connectivity index (χ1) is 12.0. The second kappa shape index (κ2) is 8.99. The molecule has 0 spiro atoms. The third kappa shape index (κ3) is 6.04. The summed E-state index contributed by atoms with van der Waals surface area (Å²) in [4.78, 5) is 22.5. The minimum Gasteiger partial charge on any atom is -0.367 e. The SMILES string of the molecule is CC(=O)Nc1ccc(CO[C@@H](c2ccccc2)[C@@H](C)NC(C)=O)cc1. The van der Waals surface area contributed by atoms with Gasteiger partial charge >= 0.3 is 0 Å². The smallest absolute Gasteiger partial charge is 0.221 e. The summed E-state index contributed by atoms with van der Waals surface area (Å²) < 4.78 is 6.10. The van der Waals surface area contributed by atoms with Crippen molar-refractivity contribution in [2.75, 3.05) is 5.32 Å². The molecule has 2 atom stereocenters. The Morgan fingerprint density at radius 3 is 2.16 bits per heavy atom. The van der Waals surface area contributed by atoms with E-state index < -0.39 is 0 Å². The van der Waals surface area contributed by atoms with Crippen molar-refractivity contribution in [3.63, 3.8) is 0 Å². The Morgan fingerprint density at radius 1 is 0.960 bits per heavy atom. The Kier molecular flexibility index (Phi) is 6.71. The van der Waals surface area contributed by atoms with E-state index in [2.05, 4.69) is 10.6 Å². The molecule has 0 aliphatic rings. The van der Waals surface area contributed by atoms with Gasteiger partial charge in [0.05, 0.1) is 12.6 Å². The lowest BCUT2D eigenvalue weighted by Crippen LogP contribution is -2.36. The van der Waals surface area contributed by atoms with Crippen molar-refractivity contribution in [3.8, 4) is 0 Å². The number of carbonyl (C=O) groups is 2. The van der Waals surface area contributed by atoms with Gasteiger partial charge in [-0.1, -0.05) is 42.5 Å². The van der Waals surface area contributed by atoms with Crippen molar-refractivity contribution in [1.29, 1.82) is 0 Å². The Balaban J connectivity index is 2.06. The van der Waals surface area contributed by atoms with Crippen LogP contribution in [0.4, 0.5) is 5.69 Å². The van der Waals surface area contributed by atoms with Crippen LogP contribution in [0.15, 0.2) is 54.6 Å². The van der Waals surface area contributed by atoms with Gasteiger partial charge in [0, 0.05) is 19.5 Å². The molecule has 0 heterocycles. The highest BCUT2D eigenvalue weighted by atomic mass is 16.5. The average Bonchev–Trinajstić information content (AvgIpc) is 2.56. The maximum Gasteiger partial charge on any atom is 0.221 e. The van der Waals surface area contributed by atoms with Crippen LogP contribution in [0.25, 0.3) is 0 Å². The van der Waals surface area contributed by atoms with E-state index in [-0.39, 0.29) is 24.0 Å². The molecule has 0 aliphatic carbocycles. The lowest BCUT2D eigenvalue weighted by atomic mass is 10.0. The second-order valence-electron chi connectivity index (χ2n) is 6.01. The third-order valence-corrected chi connectivity index (χ3v) is 3.72. The van der Waals surface area contributed by atoms with Gasteiger partial charge < -0.3 is 15.4 Å². The molecule has 5 nitrogen and oxygen atoms in total. The van der Waals surface area contributed by atoms with E-state index in [9.17, 15) is 9.59 Å². The van der Waals surface area contributed by atoms with Crippen molar-refractivity contribution in [1.82, 2.24) is 5.32 Å². The van der Waals surface area contributed by atoms with Crippen molar-refractivity contribution < 1.29 is 14.3 Å². The maximum atomic E-state index is 11.4. The van der Waals surface area contributed by atoms with Gasteiger partial charge in [-0.3, -0.25) is 9.59 Å². The largest absolute Gasteiger partial charge is 0.367 e. The Morgan fingerprint density at radius 2 is 1.60 bits per heavy atom. The van der Waals surface area contributed by atoms with Gasteiger partial charge in [0.25, 0.3) is 0 Å². The molecule has 0 fully saturated rings. The van der Waals surface area contributed by atoms with Crippen LogP contribution in [-0.4, -0.2) is 17.9 Å². The van der Waals surface area contributed by atoms with Gasteiger partial charge in [-0.15, -0.1) is 0 Å². The molecule has 2 aromatic carbocycles. The van der Waals surface area contributed by atoms with E-state index in [1.165, 1.54) is 13.8 Å². The zero-order valence-corrected chi connectivity index (χ0v) is 14.8. The standard InChI is InChI=1S/C20H24N2O3/c1-14(21-15(2)23)20(18-7-5-4-6-8-18)25-13-17-9-11-19(12-10-17)22-16(3)24/h4-12,14,20H,13H2,1-3H3,(H,21,23)(H,22,24)/t14-,20-/m1/s1. The summed E-state index contributed by atoms with van der Waals surface area (Å²) in [6.07, 6.45) is -0.250. The van der Waals surface area contributed by atoms with Gasteiger partial charge in [0.2, 0.25) is 11.8 Å². The number of hydrogen-bond donors (Lipinski definition) is 2. The summed E-state index contributed by atoms with van der Waals surface area (Å²) in [6.45, 7) is 5.31. The van der Waals surface area contributed by atoms with Crippen LogP contribution in [0.5, 0.6) is 0 Å². The number of benzene rings is 2. The van der Waals surface area contributed by atoms with Crippen molar-refractivity contribution in [2.45, 2.75) is 39.5 Å². The van der Waals surface area contributed by atoms with Crippen molar-refractivity contribution >= 4 is 17.5 Å². The minimum atomic E-state index is -0.250. The van der Waals surface area contributed by atoms with Crippen molar-refractivity contribution in [2.24, 2.45) is 0 Å². The Hall–Kier alpha value is -2.66. The zero-order valence-electron chi connectivity index (χ0n) is 14.8. The maximum absolute atomic E-state index is 11.4. The minimum absolute atomic E-state index is 0.0864. The van der Waals surface area contributed by atoms with Crippen LogP contribution in [0, 0.1) is 0 Å². The van der Waals surface area contributed by atoms with Crippen LogP contribution in [0.2, 0.25) is 0 Å². The van der Waals surface area contributed by atoms with E-state index in [0.29, 0.717) is 6.61 Å². The van der Waals surface area contributed by atoms with Gasteiger partial charge in [-0.2, -0.15) is 0 Å². The molecule has 0 bridgehead atoms. The summed E-state index contributed by atoms with van der Waals surface area (Å²) in [6, 6.07) is 17.2. The summed E-state index contributed by atoms with van der Waals surface area (Å²) >= 11 is 0. The molecule has 2 rings (SSSR count). The van der Waals surface area contributed by atoms with Crippen LogP contribution in [-0.2, 0) is 20.9 Å². The first-order valence-electron chi connectivity index (χ1n) is 8.26. The molecule has 0 radical (unpaired) electrons. The molecule has 0 saturated carbocycles. The predicted octanol–water partition coefficient (Wildman–Crippen LogP) is 3.43. The number of ether oxygens (including phenoxy) is 1. The molecular formula is C20H24N2O3. The van der Waals surface area contributed by atoms with Crippen LogP contribution >= 0.6 is 0 Å². The van der Waals surface area contributed by atoms with Gasteiger partial charge in [0.15, 0.2) is 0 Å². The lowest BCUT2D eigenvalue weighted by Gasteiger charge is -2.25. The first kappa shape index (κ1) is 18.7. The molecule has 0 aromatic heterocycles. The normalized spacial score (nSPS) is 12.9. The number of nitrogens with one attached hydrogen (secondary N) is 2. The molecule has 0 aliphatic heterocycles. The van der Waals surface area contributed by atoms with E-state index in [0.717, 1.165) is 16.8 Å². The number of rotatable bonds is 7. The van der Waals surface area contributed by atoms with E-state index >= 15 is 0 Å². The van der Waals surface area contributed by atoms with E-state index in [4.69, 9.17) is 4.74 Å². The molecule has 25 heavy (non-hydrogen) atoms. The molecule has 2 N–H and O–H groups in total. The molecule has 2 aromatic rings. The first-order valence-corrected chi connectivity index (χ1v) is 8.26. The molecular weight excluding hydrogens is 316 g/mol. The monoisotopic (exact) mass is 340 g/mol. The van der Waals surface area contributed by atoms with Crippen LogP contribution in [0.1, 0.15) is 38.0 Å². The third-order valence-electron chi connectivity index (χ3n) is 3.72. The summed E-state index contributed by atoms with van der Waals surface area (Å²) in [5.41, 5.74) is 2.76. The molecule has 5 heteroatoms. The highest BCUT2D eigenvalue weighted by molar-refractivity contribution is 5.88. The molecule has 0 saturated heterocycles. The fraction of sp³-hybridized carbons (Fsp3) is 0.300. The summed E-state index contributed by atoms with van der Waals surface area (Å²) in [5.74, 6) is -0.186. The fourth-order valence-electron chi connectivity index (χ4n) is 2.64. The van der Waals surface area contributed by atoms with Gasteiger partial charge in [-0.25, -0.2) is 0 Å². The van der Waals surface area contributed by atoms with Gasteiger partial charge in [-0.05, 0) is 30.2 Å². The van der Waals surface area contributed by atoms with E-state index in [1.807, 2.05) is 61.5 Å². The molecule has 0 unspecified atom stereocenters. The summed E-state index contributed by atoms with van der Waals surface area (Å²) in [5, 5.41) is 5.63. The quantitative estimate of drug-likeness (QED) is 0.811. The van der Waals surface area contributed by atoms with E-state index in [1.54, 1.807) is 0 Å². The average molecular weight is 340 g/mol.